The van der Waals surface area contributed by atoms with Crippen LogP contribution < -0.4 is 15.4 Å². The molecule has 1 aliphatic carbocycles. The zero-order chi connectivity index (χ0) is 30.5. The Labute approximate surface area is 252 Å². The fourth-order valence-electron chi connectivity index (χ4n) is 6.47. The molecule has 6 rings (SSSR count). The molecule has 3 aliphatic rings. The second kappa shape index (κ2) is 11.2. The third-order valence-corrected chi connectivity index (χ3v) is 9.67. The number of anilines is 2. The molecule has 3 aromatic rings. The molecule has 0 bridgehead atoms. The van der Waals surface area contributed by atoms with Gasteiger partial charge in [-0.2, -0.15) is 25.2 Å². The smallest absolute Gasteiger partial charge is 0.322 e. The van der Waals surface area contributed by atoms with Gasteiger partial charge in [-0.25, -0.2) is 4.39 Å². The monoisotopic (exact) mass is 613 g/mol. The van der Waals surface area contributed by atoms with Gasteiger partial charge in [0.15, 0.2) is 0 Å². The van der Waals surface area contributed by atoms with Crippen molar-refractivity contribution in [2.24, 2.45) is 0 Å². The first-order valence-corrected chi connectivity index (χ1v) is 15.3. The van der Waals surface area contributed by atoms with Crippen molar-refractivity contribution in [1.82, 2.24) is 30.0 Å². The fourth-order valence-corrected chi connectivity index (χ4v) is 7.66. The van der Waals surface area contributed by atoms with E-state index in [4.69, 9.17) is 24.7 Å². The lowest BCUT2D eigenvalue weighted by molar-refractivity contribution is -0.0123. The second-order valence-corrected chi connectivity index (χ2v) is 13.3. The molecule has 2 saturated heterocycles. The highest BCUT2D eigenvalue weighted by Gasteiger charge is 2.43. The quantitative estimate of drug-likeness (QED) is 0.416. The summed E-state index contributed by atoms with van der Waals surface area (Å²) in [5.74, 6) is 0.790. The van der Waals surface area contributed by atoms with Crippen LogP contribution in [0.15, 0.2) is 4.52 Å². The molecule has 0 saturated carbocycles. The van der Waals surface area contributed by atoms with E-state index in [0.29, 0.717) is 49.0 Å². The first-order valence-electron chi connectivity index (χ1n) is 14.5. The Kier molecular flexibility index (Phi) is 7.74. The van der Waals surface area contributed by atoms with Crippen LogP contribution in [-0.2, 0) is 16.6 Å². The number of rotatable bonds is 6. The summed E-state index contributed by atoms with van der Waals surface area (Å²) in [6.45, 7) is 7.24. The van der Waals surface area contributed by atoms with Crippen molar-refractivity contribution in [3.8, 4) is 23.7 Å². The predicted octanol–water partition coefficient (Wildman–Crippen LogP) is 2.48. The Balaban J connectivity index is 1.38. The Hall–Kier alpha value is -3.45. The van der Waals surface area contributed by atoms with Crippen molar-refractivity contribution in [3.05, 3.63) is 21.9 Å². The predicted molar refractivity (Wildman–Crippen MR) is 156 cm³/mol. The molecule has 5 heterocycles. The summed E-state index contributed by atoms with van der Waals surface area (Å²) in [7, 11) is 1.87. The highest BCUT2D eigenvalue weighted by atomic mass is 32.1. The van der Waals surface area contributed by atoms with Crippen molar-refractivity contribution in [2.75, 3.05) is 50.5 Å². The number of thiophene rings is 1. The number of likely N-dealkylation sites (tertiary alicyclic amines) is 1. The van der Waals surface area contributed by atoms with Crippen LogP contribution in [0.2, 0.25) is 0 Å². The normalized spacial score (nSPS) is 28.7. The minimum absolute atomic E-state index is 0.0142. The lowest BCUT2D eigenvalue weighted by Gasteiger charge is -2.30. The molecule has 5 atom stereocenters. The van der Waals surface area contributed by atoms with Gasteiger partial charge in [-0.15, -0.1) is 11.3 Å². The molecule has 0 aromatic carbocycles. The number of β-amino-alcohol motifs (C(OH)–C–C–N with tert-alkyl or cyclic N) is 1. The lowest BCUT2D eigenvalue weighted by atomic mass is 9.72. The summed E-state index contributed by atoms with van der Waals surface area (Å²) in [4.78, 5) is 23.2. The van der Waals surface area contributed by atoms with Crippen LogP contribution in [0.5, 0.6) is 6.01 Å². The maximum absolute atomic E-state index is 14.7. The number of aromatic nitrogens is 5. The van der Waals surface area contributed by atoms with Crippen molar-refractivity contribution in [1.29, 1.82) is 5.26 Å². The van der Waals surface area contributed by atoms with Crippen LogP contribution in [0.1, 0.15) is 61.9 Å². The van der Waals surface area contributed by atoms with Crippen LogP contribution in [0.25, 0.3) is 11.6 Å². The highest BCUT2D eigenvalue weighted by Crippen LogP contribution is 2.48. The number of halogens is 1. The topological polar surface area (TPSA) is 173 Å². The van der Waals surface area contributed by atoms with Gasteiger partial charge in [0.05, 0.1) is 36.8 Å². The number of aliphatic hydroxyl groups is 1. The van der Waals surface area contributed by atoms with Gasteiger partial charge < -0.3 is 29.7 Å². The van der Waals surface area contributed by atoms with E-state index < -0.39 is 29.3 Å². The third-order valence-electron chi connectivity index (χ3n) is 8.60. The number of ether oxygens (including phenoxy) is 2. The Bertz CT molecular complexity index is 1530. The lowest BCUT2D eigenvalue weighted by Crippen LogP contribution is -2.43. The van der Waals surface area contributed by atoms with E-state index in [1.54, 1.807) is 18.7 Å². The number of fused-ring (bicyclic) bond motifs is 1. The average Bonchev–Trinajstić information content (AvgIpc) is 3.64. The first-order chi connectivity index (χ1) is 20.5. The van der Waals surface area contributed by atoms with Gasteiger partial charge in [-0.1, -0.05) is 5.16 Å². The molecular formula is C28H36FN9O4S. The molecule has 15 heteroatoms. The number of likely N-dealkylation sites (N-methyl/N-ethyl adjacent to an activating group) is 1. The van der Waals surface area contributed by atoms with Crippen LogP contribution >= 0.6 is 11.3 Å². The maximum atomic E-state index is 14.7. The maximum Gasteiger partial charge on any atom is 0.322 e. The van der Waals surface area contributed by atoms with Gasteiger partial charge in [0.2, 0.25) is 23.5 Å². The molecule has 230 valence electrons. The SMILES string of the molecule is C[C@H](Oc1nc(-c2noc([C@@]3(C)CCCc4sc(N)c(C#N)c43)n2)nc(N2CCOC[C@@](C)(O)C2)n1)[C@@H]1[C@H](F)CCN1C. The summed E-state index contributed by atoms with van der Waals surface area (Å²) in [5, 5.41) is 25.4. The van der Waals surface area contributed by atoms with E-state index in [0.717, 1.165) is 23.3 Å². The summed E-state index contributed by atoms with van der Waals surface area (Å²) in [6, 6.07) is 1.79. The van der Waals surface area contributed by atoms with Crippen molar-refractivity contribution in [2.45, 2.75) is 75.8 Å². The molecule has 0 radical (unpaired) electrons. The van der Waals surface area contributed by atoms with E-state index in [9.17, 15) is 14.8 Å². The van der Waals surface area contributed by atoms with Gasteiger partial charge in [0, 0.05) is 23.5 Å². The largest absolute Gasteiger partial charge is 0.459 e. The van der Waals surface area contributed by atoms with Gasteiger partial charge >= 0.3 is 6.01 Å². The Morgan fingerprint density at radius 2 is 2.05 bits per heavy atom. The number of alkyl halides is 1. The van der Waals surface area contributed by atoms with E-state index in [2.05, 4.69) is 26.2 Å². The third kappa shape index (κ3) is 5.52. The minimum atomic E-state index is -1.14. The minimum Gasteiger partial charge on any atom is -0.459 e. The standard InChI is InChI=1S/C28H36FN9O4S/c1-15(20-17(29)7-9-37(20)4)41-26-34-22(33-25(35-26)38-10-11-40-14-27(2,39)13-38)23-32-24(42-36-23)28(3)8-5-6-18-19(28)16(12-30)21(31)43-18/h15,17,20,39H,5-11,13-14,31H2,1-4H3/t15-,17+,20+,27-,28-/m0/s1. The first kappa shape index (κ1) is 29.6. The van der Waals surface area contributed by atoms with Gasteiger partial charge in [0.25, 0.3) is 0 Å². The van der Waals surface area contributed by atoms with Gasteiger partial charge in [-0.3, -0.25) is 4.90 Å². The van der Waals surface area contributed by atoms with Crippen LogP contribution in [0, 0.1) is 11.3 Å². The molecule has 43 heavy (non-hydrogen) atoms. The number of hydrogen-bond acceptors (Lipinski definition) is 14. The van der Waals surface area contributed by atoms with Crippen molar-refractivity contribution < 1.29 is 23.5 Å². The number of aryl methyl sites for hydroxylation is 1. The van der Waals surface area contributed by atoms with E-state index in [-0.39, 0.29) is 36.8 Å². The molecule has 3 aromatic heterocycles. The van der Waals surface area contributed by atoms with E-state index >= 15 is 0 Å². The van der Waals surface area contributed by atoms with Gasteiger partial charge in [0.1, 0.15) is 28.9 Å². The molecule has 13 nitrogen and oxygen atoms in total. The highest BCUT2D eigenvalue weighted by molar-refractivity contribution is 7.16. The Morgan fingerprint density at radius 1 is 1.23 bits per heavy atom. The number of nitrogen functional groups attached to an aromatic ring is 1. The number of nitriles is 1. The summed E-state index contributed by atoms with van der Waals surface area (Å²) < 4.78 is 32.3. The molecule has 0 amide bonds. The average molecular weight is 614 g/mol. The summed E-state index contributed by atoms with van der Waals surface area (Å²) in [6.07, 6.45) is 1.24. The van der Waals surface area contributed by atoms with Gasteiger partial charge in [-0.05, 0) is 53.5 Å². The summed E-state index contributed by atoms with van der Waals surface area (Å²) in [5.41, 5.74) is 5.62. The fraction of sp³-hybridized carbons (Fsp3) is 0.643. The Morgan fingerprint density at radius 3 is 2.79 bits per heavy atom. The van der Waals surface area contributed by atoms with Crippen LogP contribution in [0.4, 0.5) is 15.3 Å². The van der Waals surface area contributed by atoms with Crippen LogP contribution in [0.3, 0.4) is 0 Å². The second-order valence-electron chi connectivity index (χ2n) is 12.2. The number of hydrogen-bond donors (Lipinski definition) is 2. The zero-order valence-electron chi connectivity index (χ0n) is 24.7. The molecule has 0 unspecified atom stereocenters. The molecule has 2 aliphatic heterocycles. The molecule has 2 fully saturated rings. The molecule has 0 spiro atoms. The van der Waals surface area contributed by atoms with Crippen molar-refractivity contribution in [3.63, 3.8) is 0 Å². The van der Waals surface area contributed by atoms with E-state index in [1.165, 1.54) is 11.3 Å². The number of nitrogens with two attached hydrogens (primary N) is 1. The van der Waals surface area contributed by atoms with Crippen molar-refractivity contribution >= 4 is 22.3 Å². The molecular weight excluding hydrogens is 577 g/mol. The van der Waals surface area contributed by atoms with Crippen LogP contribution in [-0.4, -0.2) is 98.9 Å². The number of nitrogens with zero attached hydrogens (tertiary/aromatic N) is 8. The molecule has 3 N–H and O–H groups in total. The zero-order valence-corrected chi connectivity index (χ0v) is 25.5. The summed E-state index contributed by atoms with van der Waals surface area (Å²) >= 11 is 1.43. The van der Waals surface area contributed by atoms with E-state index in [1.807, 2.05) is 18.9 Å².